The van der Waals surface area contributed by atoms with Gasteiger partial charge in [0.25, 0.3) is 5.91 Å². The number of likely N-dealkylation sites (N-methyl/N-ethyl adjacent to an activating group) is 1. The highest BCUT2D eigenvalue weighted by Crippen LogP contribution is 2.26. The summed E-state index contributed by atoms with van der Waals surface area (Å²) in [5.41, 5.74) is 1.68. The lowest BCUT2D eigenvalue weighted by Crippen LogP contribution is -2.46. The quantitative estimate of drug-likeness (QED) is 0.733. The Morgan fingerprint density at radius 2 is 1.70 bits per heavy atom. The molecule has 0 spiro atoms. The van der Waals surface area contributed by atoms with Gasteiger partial charge in [-0.25, -0.2) is 4.98 Å². The number of amides is 2. The zero-order valence-electron chi connectivity index (χ0n) is 19.0. The van der Waals surface area contributed by atoms with Gasteiger partial charge in [-0.1, -0.05) is 46.8 Å². The van der Waals surface area contributed by atoms with E-state index in [1.807, 2.05) is 38.1 Å². The molecule has 1 aromatic carbocycles. The zero-order valence-corrected chi connectivity index (χ0v) is 19.0. The van der Waals surface area contributed by atoms with Gasteiger partial charge >= 0.3 is 0 Å². The summed E-state index contributed by atoms with van der Waals surface area (Å²) >= 11 is 0. The normalized spacial score (nSPS) is 12.4. The van der Waals surface area contributed by atoms with Crippen LogP contribution in [0.4, 0.5) is 0 Å². The van der Waals surface area contributed by atoms with Crippen LogP contribution in [0.5, 0.6) is 11.6 Å². The maximum absolute atomic E-state index is 12.6. The lowest BCUT2D eigenvalue weighted by molar-refractivity contribution is -0.131. The highest BCUT2D eigenvalue weighted by molar-refractivity contribution is 5.97. The molecule has 1 aromatic heterocycles. The van der Waals surface area contributed by atoms with Crippen molar-refractivity contribution in [2.75, 3.05) is 14.1 Å². The average Bonchev–Trinajstić information content (AvgIpc) is 2.66. The molecule has 162 valence electrons. The molecule has 0 aliphatic carbocycles. The van der Waals surface area contributed by atoms with Gasteiger partial charge in [-0.15, -0.1) is 0 Å². The molecule has 1 atom stereocenters. The SMILES string of the molecule is CC(C)CC(NC(=O)c1ccc(Oc2ccc(C(C)(C)C)cc2)nc1)C(=O)N(C)C. The van der Waals surface area contributed by atoms with Gasteiger partial charge in [-0.05, 0) is 41.5 Å². The summed E-state index contributed by atoms with van der Waals surface area (Å²) in [5.74, 6) is 0.908. The topological polar surface area (TPSA) is 71.5 Å². The molecule has 1 N–H and O–H groups in total. The molecular formula is C24H33N3O3. The Labute approximate surface area is 179 Å². The third-order valence-electron chi connectivity index (χ3n) is 4.69. The van der Waals surface area contributed by atoms with Gasteiger partial charge in [0.05, 0.1) is 5.56 Å². The number of nitrogens with one attached hydrogen (secondary N) is 1. The number of pyridine rings is 1. The van der Waals surface area contributed by atoms with Crippen LogP contribution < -0.4 is 10.1 Å². The fraction of sp³-hybridized carbons (Fsp3) is 0.458. The second-order valence-corrected chi connectivity index (χ2v) is 9.15. The van der Waals surface area contributed by atoms with Gasteiger partial charge in [0.1, 0.15) is 11.8 Å². The maximum Gasteiger partial charge on any atom is 0.253 e. The number of benzene rings is 1. The molecule has 0 aliphatic rings. The minimum absolute atomic E-state index is 0.0766. The molecule has 2 aromatic rings. The predicted octanol–water partition coefficient (Wildman–Crippen LogP) is 4.40. The monoisotopic (exact) mass is 411 g/mol. The molecule has 6 heteroatoms. The second kappa shape index (κ2) is 9.74. The van der Waals surface area contributed by atoms with Crippen LogP contribution in [0.2, 0.25) is 0 Å². The predicted molar refractivity (Wildman–Crippen MR) is 119 cm³/mol. The molecule has 0 aliphatic heterocycles. The Hall–Kier alpha value is -2.89. The first-order valence-electron chi connectivity index (χ1n) is 10.2. The molecule has 0 saturated heterocycles. The highest BCUT2D eigenvalue weighted by Gasteiger charge is 2.24. The third-order valence-corrected chi connectivity index (χ3v) is 4.69. The summed E-state index contributed by atoms with van der Waals surface area (Å²) in [4.78, 5) is 30.7. The van der Waals surface area contributed by atoms with Crippen LogP contribution in [0.15, 0.2) is 42.6 Å². The van der Waals surface area contributed by atoms with E-state index in [1.165, 1.54) is 16.7 Å². The van der Waals surface area contributed by atoms with Gasteiger partial charge in [0.2, 0.25) is 11.8 Å². The first kappa shape index (κ1) is 23.4. The molecule has 0 saturated carbocycles. The molecule has 0 radical (unpaired) electrons. The number of nitrogens with zero attached hydrogens (tertiary/aromatic N) is 2. The number of ether oxygens (including phenoxy) is 1. The van der Waals surface area contributed by atoms with Gasteiger partial charge < -0.3 is 15.0 Å². The second-order valence-electron chi connectivity index (χ2n) is 9.15. The van der Waals surface area contributed by atoms with Crippen LogP contribution in [-0.2, 0) is 10.2 Å². The molecule has 0 bridgehead atoms. The minimum atomic E-state index is -0.565. The molecule has 1 unspecified atom stereocenters. The van der Waals surface area contributed by atoms with E-state index in [0.717, 1.165) is 0 Å². The van der Waals surface area contributed by atoms with Crippen molar-refractivity contribution in [1.82, 2.24) is 15.2 Å². The minimum Gasteiger partial charge on any atom is -0.439 e. The van der Waals surface area contributed by atoms with Crippen molar-refractivity contribution in [1.29, 1.82) is 0 Å². The Balaban J connectivity index is 2.05. The van der Waals surface area contributed by atoms with Crippen molar-refractivity contribution in [3.05, 3.63) is 53.7 Å². The summed E-state index contributed by atoms with van der Waals surface area (Å²) in [7, 11) is 3.37. The Kier molecular flexibility index (Phi) is 7.59. The number of aromatic nitrogens is 1. The van der Waals surface area contributed by atoms with E-state index < -0.39 is 6.04 Å². The van der Waals surface area contributed by atoms with E-state index in [0.29, 0.717) is 23.6 Å². The molecule has 1 heterocycles. The third kappa shape index (κ3) is 6.58. The largest absolute Gasteiger partial charge is 0.439 e. The van der Waals surface area contributed by atoms with Crippen molar-refractivity contribution in [3.63, 3.8) is 0 Å². The fourth-order valence-electron chi connectivity index (χ4n) is 2.96. The molecule has 0 fully saturated rings. The number of carbonyl (C=O) groups excluding carboxylic acids is 2. The van der Waals surface area contributed by atoms with Crippen LogP contribution in [0.1, 0.15) is 57.0 Å². The summed E-state index contributed by atoms with van der Waals surface area (Å²) in [6.45, 7) is 10.5. The number of hydrogen-bond acceptors (Lipinski definition) is 4. The van der Waals surface area contributed by atoms with Crippen molar-refractivity contribution >= 4 is 11.8 Å². The number of hydrogen-bond donors (Lipinski definition) is 1. The summed E-state index contributed by atoms with van der Waals surface area (Å²) in [6.07, 6.45) is 2.03. The van der Waals surface area contributed by atoms with Gasteiger partial charge in [0, 0.05) is 26.4 Å². The van der Waals surface area contributed by atoms with E-state index in [1.54, 1.807) is 26.2 Å². The van der Waals surface area contributed by atoms with E-state index in [4.69, 9.17) is 4.74 Å². The Morgan fingerprint density at radius 3 is 2.17 bits per heavy atom. The summed E-state index contributed by atoms with van der Waals surface area (Å²) in [5, 5.41) is 2.82. The van der Waals surface area contributed by atoms with Gasteiger partial charge in [0.15, 0.2) is 0 Å². The first-order valence-corrected chi connectivity index (χ1v) is 10.2. The van der Waals surface area contributed by atoms with E-state index in [-0.39, 0.29) is 23.1 Å². The molecule has 2 amide bonds. The molecule has 6 nitrogen and oxygen atoms in total. The van der Waals surface area contributed by atoms with E-state index in [2.05, 4.69) is 31.1 Å². The Morgan fingerprint density at radius 1 is 1.07 bits per heavy atom. The van der Waals surface area contributed by atoms with Crippen molar-refractivity contribution in [3.8, 4) is 11.6 Å². The lowest BCUT2D eigenvalue weighted by atomic mass is 9.87. The number of carbonyl (C=O) groups is 2. The van der Waals surface area contributed by atoms with Crippen LogP contribution in [0.3, 0.4) is 0 Å². The van der Waals surface area contributed by atoms with Crippen LogP contribution in [0, 0.1) is 5.92 Å². The maximum atomic E-state index is 12.6. The summed E-state index contributed by atoms with van der Waals surface area (Å²) < 4.78 is 5.78. The van der Waals surface area contributed by atoms with Crippen LogP contribution >= 0.6 is 0 Å². The fourth-order valence-corrected chi connectivity index (χ4v) is 2.96. The zero-order chi connectivity index (χ0) is 22.5. The van der Waals surface area contributed by atoms with Crippen LogP contribution in [0.25, 0.3) is 0 Å². The lowest BCUT2D eigenvalue weighted by Gasteiger charge is -2.23. The smallest absolute Gasteiger partial charge is 0.253 e. The molecular weight excluding hydrogens is 378 g/mol. The van der Waals surface area contributed by atoms with Crippen molar-refractivity contribution < 1.29 is 14.3 Å². The molecule has 2 rings (SSSR count). The average molecular weight is 412 g/mol. The standard InChI is InChI=1S/C24H33N3O3/c1-16(2)14-20(23(29)27(6)7)26-22(28)17-8-13-21(25-15-17)30-19-11-9-18(10-12-19)24(3,4)5/h8-13,15-16,20H,14H2,1-7H3,(H,26,28). The van der Waals surface area contributed by atoms with Crippen LogP contribution in [-0.4, -0.2) is 41.8 Å². The molecule has 30 heavy (non-hydrogen) atoms. The first-order chi connectivity index (χ1) is 14.0. The van der Waals surface area contributed by atoms with Gasteiger partial charge in [-0.2, -0.15) is 0 Å². The van der Waals surface area contributed by atoms with Crippen molar-refractivity contribution in [2.24, 2.45) is 5.92 Å². The highest BCUT2D eigenvalue weighted by atomic mass is 16.5. The van der Waals surface area contributed by atoms with E-state index in [9.17, 15) is 9.59 Å². The van der Waals surface area contributed by atoms with E-state index >= 15 is 0 Å². The Bertz CT molecular complexity index is 851. The number of rotatable bonds is 7. The van der Waals surface area contributed by atoms with Crippen molar-refractivity contribution in [2.45, 2.75) is 52.5 Å². The van der Waals surface area contributed by atoms with Gasteiger partial charge in [-0.3, -0.25) is 9.59 Å². The summed E-state index contributed by atoms with van der Waals surface area (Å²) in [6, 6.07) is 10.6.